The largest absolute Gasteiger partial charge is 0.478 e. The molecule has 0 saturated carbocycles. The molecule has 1 rings (SSSR count). The van der Waals surface area contributed by atoms with Gasteiger partial charge in [-0.25, -0.2) is 9.59 Å². The molecule has 0 saturated heterocycles. The summed E-state index contributed by atoms with van der Waals surface area (Å²) in [5.41, 5.74) is 0.941. The molecule has 0 aromatic heterocycles. The van der Waals surface area contributed by atoms with Gasteiger partial charge in [-0.3, -0.25) is 0 Å². The van der Waals surface area contributed by atoms with Crippen molar-refractivity contribution in [1.82, 2.24) is 10.6 Å². The Bertz CT molecular complexity index is 434. The Balaban J connectivity index is 2.33. The van der Waals surface area contributed by atoms with Crippen LogP contribution in [-0.4, -0.2) is 36.9 Å². The summed E-state index contributed by atoms with van der Waals surface area (Å²) in [6, 6.07) is 6.14. The van der Waals surface area contributed by atoms with Crippen LogP contribution in [0.25, 0.3) is 0 Å². The molecular weight excluding hydrogens is 248 g/mol. The van der Waals surface area contributed by atoms with E-state index in [1.165, 1.54) is 12.1 Å². The Labute approximate surface area is 111 Å². The lowest BCUT2D eigenvalue weighted by Crippen LogP contribution is -2.36. The minimum Gasteiger partial charge on any atom is -0.478 e. The SMILES string of the molecule is CCOCCNC(=O)NCc1cccc(C(=O)O)c1. The molecule has 0 unspecified atom stereocenters. The topological polar surface area (TPSA) is 87.7 Å². The maximum Gasteiger partial charge on any atom is 0.335 e. The zero-order valence-electron chi connectivity index (χ0n) is 10.8. The molecule has 0 atom stereocenters. The molecule has 0 spiro atoms. The van der Waals surface area contributed by atoms with Crippen molar-refractivity contribution < 1.29 is 19.4 Å². The van der Waals surface area contributed by atoms with Crippen LogP contribution in [0.3, 0.4) is 0 Å². The normalized spacial score (nSPS) is 9.95. The molecule has 1 aromatic carbocycles. The first-order valence-corrected chi connectivity index (χ1v) is 6.05. The Morgan fingerprint density at radius 3 is 2.79 bits per heavy atom. The molecule has 0 aliphatic heterocycles. The molecule has 19 heavy (non-hydrogen) atoms. The number of benzene rings is 1. The van der Waals surface area contributed by atoms with E-state index in [1.54, 1.807) is 12.1 Å². The quantitative estimate of drug-likeness (QED) is 0.647. The summed E-state index contributed by atoms with van der Waals surface area (Å²) in [7, 11) is 0. The first-order chi connectivity index (χ1) is 9.13. The first-order valence-electron chi connectivity index (χ1n) is 6.05. The van der Waals surface area contributed by atoms with Crippen LogP contribution >= 0.6 is 0 Å². The maximum atomic E-state index is 11.4. The van der Waals surface area contributed by atoms with Crippen molar-refractivity contribution in [2.75, 3.05) is 19.8 Å². The highest BCUT2D eigenvalue weighted by atomic mass is 16.5. The van der Waals surface area contributed by atoms with Crippen LogP contribution in [-0.2, 0) is 11.3 Å². The van der Waals surface area contributed by atoms with Crippen molar-refractivity contribution in [1.29, 1.82) is 0 Å². The zero-order valence-corrected chi connectivity index (χ0v) is 10.8. The number of carboxylic acids is 1. The highest BCUT2D eigenvalue weighted by molar-refractivity contribution is 5.87. The Hall–Kier alpha value is -2.08. The number of ether oxygens (including phenoxy) is 1. The summed E-state index contributed by atoms with van der Waals surface area (Å²) >= 11 is 0. The van der Waals surface area contributed by atoms with Crippen molar-refractivity contribution in [2.24, 2.45) is 0 Å². The molecule has 0 bridgehead atoms. The lowest BCUT2D eigenvalue weighted by Gasteiger charge is -2.08. The third-order valence-corrected chi connectivity index (χ3v) is 2.36. The molecule has 104 valence electrons. The van der Waals surface area contributed by atoms with E-state index >= 15 is 0 Å². The van der Waals surface area contributed by atoms with Crippen molar-refractivity contribution in [3.05, 3.63) is 35.4 Å². The maximum absolute atomic E-state index is 11.4. The van der Waals surface area contributed by atoms with E-state index in [-0.39, 0.29) is 18.1 Å². The van der Waals surface area contributed by atoms with Crippen LogP contribution in [0.5, 0.6) is 0 Å². The third kappa shape index (κ3) is 5.87. The second kappa shape index (κ2) is 8.10. The summed E-state index contributed by atoms with van der Waals surface area (Å²) in [6.45, 7) is 3.69. The van der Waals surface area contributed by atoms with Crippen LogP contribution in [0.1, 0.15) is 22.8 Å². The number of rotatable bonds is 7. The van der Waals surface area contributed by atoms with E-state index in [0.29, 0.717) is 19.8 Å². The van der Waals surface area contributed by atoms with Gasteiger partial charge in [-0.05, 0) is 24.6 Å². The second-order valence-corrected chi connectivity index (χ2v) is 3.81. The van der Waals surface area contributed by atoms with E-state index < -0.39 is 5.97 Å². The molecule has 2 amide bonds. The molecule has 6 nitrogen and oxygen atoms in total. The smallest absolute Gasteiger partial charge is 0.335 e. The number of hydrogen-bond donors (Lipinski definition) is 3. The number of hydrogen-bond acceptors (Lipinski definition) is 3. The third-order valence-electron chi connectivity index (χ3n) is 2.36. The van der Waals surface area contributed by atoms with Gasteiger partial charge in [-0.2, -0.15) is 0 Å². The van der Waals surface area contributed by atoms with Gasteiger partial charge < -0.3 is 20.5 Å². The molecule has 1 aromatic rings. The van der Waals surface area contributed by atoms with Gasteiger partial charge in [0.2, 0.25) is 0 Å². The van der Waals surface area contributed by atoms with Gasteiger partial charge in [-0.15, -0.1) is 0 Å². The summed E-state index contributed by atoms with van der Waals surface area (Å²) in [5.74, 6) is -0.983. The zero-order chi connectivity index (χ0) is 14.1. The highest BCUT2D eigenvalue weighted by Gasteiger charge is 2.04. The highest BCUT2D eigenvalue weighted by Crippen LogP contribution is 2.04. The van der Waals surface area contributed by atoms with Crippen LogP contribution in [0.2, 0.25) is 0 Å². The number of aromatic carboxylic acids is 1. The number of carboxylic acid groups (broad SMARTS) is 1. The minimum atomic E-state index is -0.983. The van der Waals surface area contributed by atoms with Crippen LogP contribution in [0.4, 0.5) is 4.79 Å². The molecule has 0 fully saturated rings. The fourth-order valence-electron chi connectivity index (χ4n) is 1.44. The molecule has 3 N–H and O–H groups in total. The Kier molecular flexibility index (Phi) is 6.38. The summed E-state index contributed by atoms with van der Waals surface area (Å²) in [6.07, 6.45) is 0. The van der Waals surface area contributed by atoms with Gasteiger partial charge in [0.25, 0.3) is 0 Å². The van der Waals surface area contributed by atoms with E-state index in [0.717, 1.165) is 5.56 Å². The van der Waals surface area contributed by atoms with Gasteiger partial charge >= 0.3 is 12.0 Å². The molecule has 0 aliphatic carbocycles. The van der Waals surface area contributed by atoms with E-state index in [1.807, 2.05) is 6.92 Å². The van der Waals surface area contributed by atoms with Gasteiger partial charge in [0, 0.05) is 19.7 Å². The van der Waals surface area contributed by atoms with E-state index in [9.17, 15) is 9.59 Å². The Morgan fingerprint density at radius 1 is 1.32 bits per heavy atom. The van der Waals surface area contributed by atoms with E-state index in [4.69, 9.17) is 9.84 Å². The van der Waals surface area contributed by atoms with Crippen molar-refractivity contribution >= 4 is 12.0 Å². The van der Waals surface area contributed by atoms with Gasteiger partial charge in [0.15, 0.2) is 0 Å². The van der Waals surface area contributed by atoms with Gasteiger partial charge in [0.05, 0.1) is 12.2 Å². The van der Waals surface area contributed by atoms with Crippen LogP contribution < -0.4 is 10.6 Å². The fraction of sp³-hybridized carbons (Fsp3) is 0.385. The van der Waals surface area contributed by atoms with Gasteiger partial charge in [-0.1, -0.05) is 12.1 Å². The average Bonchev–Trinajstić information content (AvgIpc) is 2.41. The second-order valence-electron chi connectivity index (χ2n) is 3.81. The number of nitrogens with one attached hydrogen (secondary N) is 2. The number of amides is 2. The number of urea groups is 1. The number of carbonyl (C=O) groups excluding carboxylic acids is 1. The lowest BCUT2D eigenvalue weighted by atomic mass is 10.1. The van der Waals surface area contributed by atoms with Crippen molar-refractivity contribution in [3.63, 3.8) is 0 Å². The molecule has 0 aliphatic rings. The van der Waals surface area contributed by atoms with Crippen molar-refractivity contribution in [2.45, 2.75) is 13.5 Å². The minimum absolute atomic E-state index is 0.205. The first kappa shape index (κ1) is 15.0. The van der Waals surface area contributed by atoms with Gasteiger partial charge in [0.1, 0.15) is 0 Å². The fourth-order valence-corrected chi connectivity index (χ4v) is 1.44. The molecule has 6 heteroatoms. The van der Waals surface area contributed by atoms with E-state index in [2.05, 4.69) is 10.6 Å². The van der Waals surface area contributed by atoms with Crippen LogP contribution in [0.15, 0.2) is 24.3 Å². The predicted octanol–water partition coefficient (Wildman–Crippen LogP) is 1.22. The summed E-state index contributed by atoms with van der Waals surface area (Å²) in [4.78, 5) is 22.2. The Morgan fingerprint density at radius 2 is 2.11 bits per heavy atom. The molecule has 0 heterocycles. The van der Waals surface area contributed by atoms with Crippen molar-refractivity contribution in [3.8, 4) is 0 Å². The van der Waals surface area contributed by atoms with Crippen LogP contribution in [0, 0.1) is 0 Å². The summed E-state index contributed by atoms with van der Waals surface area (Å²) < 4.78 is 5.08. The molecular formula is C13H18N2O4. The monoisotopic (exact) mass is 266 g/mol. The molecule has 0 radical (unpaired) electrons. The summed E-state index contributed by atoms with van der Waals surface area (Å²) in [5, 5.41) is 14.1. The average molecular weight is 266 g/mol. The standard InChI is InChI=1S/C13H18N2O4/c1-2-19-7-6-14-13(18)15-9-10-4-3-5-11(8-10)12(16)17/h3-5,8H,2,6-7,9H2,1H3,(H,16,17)(H2,14,15,18). The number of carbonyl (C=O) groups is 2. The lowest BCUT2D eigenvalue weighted by molar-refractivity contribution is 0.0696. The predicted molar refractivity (Wildman–Crippen MR) is 70.1 cm³/mol.